The zero-order valence-corrected chi connectivity index (χ0v) is 16.1. The van der Waals surface area contributed by atoms with Crippen LogP contribution in [0, 0.1) is 5.82 Å². The molecule has 2 heterocycles. The Hall–Kier alpha value is -3.25. The van der Waals surface area contributed by atoms with Crippen LogP contribution >= 0.6 is 0 Å². The molecule has 0 unspecified atom stereocenters. The molecule has 148 valence electrons. The number of anilines is 2. The molecule has 1 aliphatic heterocycles. The number of aromatic nitrogens is 1. The quantitative estimate of drug-likeness (QED) is 0.517. The number of hydrogen-bond donors (Lipinski definition) is 2. The Morgan fingerprint density at radius 1 is 1.03 bits per heavy atom. The molecule has 0 amide bonds. The fourth-order valence-corrected chi connectivity index (χ4v) is 3.51. The van der Waals surface area contributed by atoms with Gasteiger partial charge in [0.25, 0.3) is 0 Å². The van der Waals surface area contributed by atoms with Gasteiger partial charge in [-0.25, -0.2) is 4.39 Å². The zero-order chi connectivity index (χ0) is 20.2. The molecule has 0 bridgehead atoms. The molecule has 0 saturated carbocycles. The lowest BCUT2D eigenvalue weighted by Gasteiger charge is -2.29. The fourth-order valence-electron chi connectivity index (χ4n) is 3.51. The van der Waals surface area contributed by atoms with E-state index in [9.17, 15) is 9.18 Å². The minimum Gasteiger partial charge on any atom is -0.398 e. The highest BCUT2D eigenvalue weighted by Crippen LogP contribution is 2.25. The number of piperazine rings is 1. The second-order valence-electron chi connectivity index (χ2n) is 7.16. The average molecular weight is 390 g/mol. The number of carbonyl (C=O) groups excluding carboxylic acids is 1. The van der Waals surface area contributed by atoms with E-state index in [2.05, 4.69) is 15.2 Å². The molecule has 5 nitrogen and oxygen atoms in total. The number of nitrogens with zero attached hydrogens (tertiary/aromatic N) is 2. The monoisotopic (exact) mass is 390 g/mol. The normalized spacial score (nSPS) is 14.0. The molecule has 3 N–H and O–H groups in total. The van der Waals surface area contributed by atoms with Crippen molar-refractivity contribution in [1.29, 1.82) is 0 Å². The molecule has 4 rings (SSSR count). The molecule has 2 aromatic carbocycles. The summed E-state index contributed by atoms with van der Waals surface area (Å²) in [4.78, 5) is 19.4. The van der Waals surface area contributed by atoms with E-state index in [-0.39, 0.29) is 18.0 Å². The summed E-state index contributed by atoms with van der Waals surface area (Å²) in [5.41, 5.74) is 10.6. The van der Waals surface area contributed by atoms with Gasteiger partial charge in [-0.3, -0.25) is 9.78 Å². The Morgan fingerprint density at radius 3 is 2.45 bits per heavy atom. The minimum atomic E-state index is -0.282. The van der Waals surface area contributed by atoms with Gasteiger partial charge in [-0.1, -0.05) is 18.2 Å². The van der Waals surface area contributed by atoms with E-state index in [0.717, 1.165) is 48.6 Å². The topological polar surface area (TPSA) is 71.2 Å². The van der Waals surface area contributed by atoms with Gasteiger partial charge in [-0.2, -0.15) is 0 Å². The molecule has 1 fully saturated rings. The largest absolute Gasteiger partial charge is 0.398 e. The molecule has 3 aromatic rings. The van der Waals surface area contributed by atoms with Gasteiger partial charge in [0.2, 0.25) is 0 Å². The van der Waals surface area contributed by atoms with E-state index in [1.807, 2.05) is 18.2 Å². The smallest absolute Gasteiger partial charge is 0.185 e. The number of nitrogens with two attached hydrogens (primary N) is 1. The Labute approximate surface area is 169 Å². The molecule has 6 heteroatoms. The Bertz CT molecular complexity index is 996. The van der Waals surface area contributed by atoms with Gasteiger partial charge in [-0.15, -0.1) is 0 Å². The molecule has 1 aliphatic rings. The number of benzene rings is 2. The van der Waals surface area contributed by atoms with Crippen molar-refractivity contribution in [2.75, 3.05) is 36.8 Å². The molecule has 0 atom stereocenters. The number of carbonyl (C=O) groups is 1. The number of nitrogens with one attached hydrogen (secondary N) is 1. The van der Waals surface area contributed by atoms with Crippen molar-refractivity contribution in [3.8, 4) is 11.1 Å². The van der Waals surface area contributed by atoms with E-state index in [0.29, 0.717) is 11.4 Å². The van der Waals surface area contributed by atoms with Crippen LogP contribution in [0.2, 0.25) is 0 Å². The summed E-state index contributed by atoms with van der Waals surface area (Å²) in [5, 5.41) is 3.32. The first-order chi connectivity index (χ1) is 14.1. The summed E-state index contributed by atoms with van der Waals surface area (Å²) in [6.07, 6.45) is 1.93. The van der Waals surface area contributed by atoms with Gasteiger partial charge >= 0.3 is 0 Å². The molecular formula is C23H23FN4O. The maximum Gasteiger partial charge on any atom is 0.185 e. The van der Waals surface area contributed by atoms with Crippen LogP contribution < -0.4 is 16.0 Å². The number of nitrogen functional groups attached to an aromatic ring is 1. The molecule has 29 heavy (non-hydrogen) atoms. The maximum absolute atomic E-state index is 13.2. The fraction of sp³-hybridized carbons (Fsp3) is 0.217. The van der Waals surface area contributed by atoms with Crippen molar-refractivity contribution in [3.05, 3.63) is 77.9 Å². The maximum atomic E-state index is 13.2. The van der Waals surface area contributed by atoms with Gasteiger partial charge in [0.15, 0.2) is 5.78 Å². The van der Waals surface area contributed by atoms with E-state index in [1.165, 1.54) is 12.1 Å². The number of rotatable bonds is 5. The SMILES string of the molecule is Nc1ccc(-c2ccc(F)cc2)cc1CC(=O)c1ccc(N2CCNCC2)cn1. The highest BCUT2D eigenvalue weighted by Gasteiger charge is 2.14. The van der Waals surface area contributed by atoms with Gasteiger partial charge < -0.3 is 16.0 Å². The summed E-state index contributed by atoms with van der Waals surface area (Å²) in [6, 6.07) is 15.5. The molecule has 0 aliphatic carbocycles. The Balaban J connectivity index is 1.50. The van der Waals surface area contributed by atoms with Crippen molar-refractivity contribution >= 4 is 17.2 Å². The number of Topliss-reactive ketones (excluding diaryl/α,β-unsaturated/α-hetero) is 1. The number of pyridine rings is 1. The van der Waals surface area contributed by atoms with Crippen molar-refractivity contribution < 1.29 is 9.18 Å². The van der Waals surface area contributed by atoms with Crippen LogP contribution in [0.15, 0.2) is 60.8 Å². The summed E-state index contributed by atoms with van der Waals surface area (Å²) < 4.78 is 13.2. The van der Waals surface area contributed by atoms with E-state index < -0.39 is 0 Å². The summed E-state index contributed by atoms with van der Waals surface area (Å²) in [5.74, 6) is -0.366. The van der Waals surface area contributed by atoms with Crippen LogP contribution in [-0.2, 0) is 6.42 Å². The van der Waals surface area contributed by atoms with Crippen LogP contribution in [0.4, 0.5) is 15.8 Å². The third-order valence-electron chi connectivity index (χ3n) is 5.19. The molecule has 0 radical (unpaired) electrons. The number of halogens is 1. The second-order valence-corrected chi connectivity index (χ2v) is 7.16. The molecule has 1 saturated heterocycles. The third kappa shape index (κ3) is 4.43. The highest BCUT2D eigenvalue weighted by molar-refractivity contribution is 5.96. The lowest BCUT2D eigenvalue weighted by molar-refractivity contribution is 0.0988. The van der Waals surface area contributed by atoms with Crippen LogP contribution in [0.3, 0.4) is 0 Å². The van der Waals surface area contributed by atoms with Crippen LogP contribution in [-0.4, -0.2) is 36.9 Å². The van der Waals surface area contributed by atoms with Crippen LogP contribution in [0.25, 0.3) is 11.1 Å². The predicted molar refractivity (Wildman–Crippen MR) is 114 cm³/mol. The lowest BCUT2D eigenvalue weighted by atomic mass is 9.98. The first-order valence-corrected chi connectivity index (χ1v) is 9.69. The van der Waals surface area contributed by atoms with Crippen LogP contribution in [0.5, 0.6) is 0 Å². The van der Waals surface area contributed by atoms with Crippen molar-refractivity contribution in [2.24, 2.45) is 0 Å². The number of hydrogen-bond acceptors (Lipinski definition) is 5. The first-order valence-electron chi connectivity index (χ1n) is 9.69. The third-order valence-corrected chi connectivity index (χ3v) is 5.19. The van der Waals surface area contributed by atoms with Gasteiger partial charge in [0.1, 0.15) is 11.5 Å². The van der Waals surface area contributed by atoms with E-state index >= 15 is 0 Å². The summed E-state index contributed by atoms with van der Waals surface area (Å²) in [6.45, 7) is 3.76. The first kappa shape index (κ1) is 19.1. The lowest BCUT2D eigenvalue weighted by Crippen LogP contribution is -2.43. The Morgan fingerprint density at radius 2 is 1.76 bits per heavy atom. The molecule has 1 aromatic heterocycles. The molecule has 0 spiro atoms. The van der Waals surface area contributed by atoms with Gasteiger partial charge in [0.05, 0.1) is 11.9 Å². The van der Waals surface area contributed by atoms with Crippen molar-refractivity contribution in [2.45, 2.75) is 6.42 Å². The Kier molecular flexibility index (Phi) is 5.53. The van der Waals surface area contributed by atoms with E-state index in [4.69, 9.17) is 5.73 Å². The second kappa shape index (κ2) is 8.41. The highest BCUT2D eigenvalue weighted by atomic mass is 19.1. The van der Waals surface area contributed by atoms with E-state index in [1.54, 1.807) is 30.5 Å². The number of ketones is 1. The molecular weight excluding hydrogens is 367 g/mol. The summed E-state index contributed by atoms with van der Waals surface area (Å²) >= 11 is 0. The van der Waals surface area contributed by atoms with Crippen LogP contribution in [0.1, 0.15) is 16.1 Å². The van der Waals surface area contributed by atoms with Gasteiger partial charge in [0, 0.05) is 38.3 Å². The standard InChI is InChI=1S/C23H23FN4O/c24-19-4-1-16(2-5-19)17-3-7-21(25)18(13-17)14-23(29)22-8-6-20(15-27-22)28-11-9-26-10-12-28/h1-8,13,15,26H,9-12,14,25H2. The average Bonchev–Trinajstić information content (AvgIpc) is 2.76. The predicted octanol–water partition coefficient (Wildman–Crippen LogP) is 3.30. The zero-order valence-electron chi connectivity index (χ0n) is 16.1. The minimum absolute atomic E-state index is 0.0835. The summed E-state index contributed by atoms with van der Waals surface area (Å²) in [7, 11) is 0. The van der Waals surface area contributed by atoms with Gasteiger partial charge in [-0.05, 0) is 53.1 Å². The van der Waals surface area contributed by atoms with Crippen molar-refractivity contribution in [3.63, 3.8) is 0 Å². The van der Waals surface area contributed by atoms with Crippen molar-refractivity contribution in [1.82, 2.24) is 10.3 Å².